The molecular weight excluding hydrogens is 329 g/mol. The Hall–Kier alpha value is -2.27. The smallest absolute Gasteiger partial charge is 0.319 e. The predicted molar refractivity (Wildman–Crippen MR) is 95.2 cm³/mol. The quantitative estimate of drug-likeness (QED) is 0.861. The maximum atomic E-state index is 14.2. The average Bonchev–Trinajstić information content (AvgIpc) is 3.08. The number of rotatable bonds is 4. The maximum absolute atomic E-state index is 14.2. The van der Waals surface area contributed by atoms with Crippen LogP contribution in [0.4, 0.5) is 20.6 Å². The molecule has 0 bridgehead atoms. The van der Waals surface area contributed by atoms with Gasteiger partial charge in [0.1, 0.15) is 5.82 Å². The van der Waals surface area contributed by atoms with Gasteiger partial charge in [0.2, 0.25) is 0 Å². The maximum Gasteiger partial charge on any atom is 0.319 e. The fourth-order valence-corrected chi connectivity index (χ4v) is 2.99. The van der Waals surface area contributed by atoms with Crippen LogP contribution in [0, 0.1) is 5.82 Å². The van der Waals surface area contributed by atoms with Crippen molar-refractivity contribution in [1.82, 2.24) is 5.32 Å². The zero-order chi connectivity index (χ0) is 16.9. The van der Waals surface area contributed by atoms with Gasteiger partial charge in [0, 0.05) is 30.3 Å². The first-order chi connectivity index (χ1) is 11.6. The van der Waals surface area contributed by atoms with Crippen molar-refractivity contribution >= 4 is 29.0 Å². The lowest BCUT2D eigenvalue weighted by Crippen LogP contribution is -2.28. The van der Waals surface area contributed by atoms with E-state index in [0.717, 1.165) is 31.5 Å². The Morgan fingerprint density at radius 3 is 2.62 bits per heavy atom. The van der Waals surface area contributed by atoms with Crippen LogP contribution in [0.2, 0.25) is 5.02 Å². The summed E-state index contributed by atoms with van der Waals surface area (Å²) in [6.07, 6.45) is 2.17. The van der Waals surface area contributed by atoms with Crippen LogP contribution in [0.15, 0.2) is 42.5 Å². The Morgan fingerprint density at radius 1 is 1.17 bits per heavy atom. The third kappa shape index (κ3) is 3.97. The van der Waals surface area contributed by atoms with Gasteiger partial charge in [-0.2, -0.15) is 0 Å². The Labute approximate surface area is 145 Å². The van der Waals surface area contributed by atoms with Crippen molar-refractivity contribution in [1.29, 1.82) is 0 Å². The van der Waals surface area contributed by atoms with Crippen LogP contribution in [0.1, 0.15) is 18.4 Å². The normalized spacial score (nSPS) is 13.8. The van der Waals surface area contributed by atoms with Gasteiger partial charge in [0.15, 0.2) is 0 Å². The van der Waals surface area contributed by atoms with Crippen LogP contribution in [-0.4, -0.2) is 19.1 Å². The van der Waals surface area contributed by atoms with Crippen molar-refractivity contribution in [2.24, 2.45) is 0 Å². The van der Waals surface area contributed by atoms with E-state index in [1.165, 1.54) is 6.07 Å². The Balaban J connectivity index is 1.58. The lowest BCUT2D eigenvalue weighted by molar-refractivity contribution is 0.251. The number of nitrogens with zero attached hydrogens (tertiary/aromatic N) is 1. The van der Waals surface area contributed by atoms with Gasteiger partial charge in [-0.25, -0.2) is 9.18 Å². The van der Waals surface area contributed by atoms with Crippen molar-refractivity contribution in [3.8, 4) is 0 Å². The van der Waals surface area contributed by atoms with E-state index in [2.05, 4.69) is 10.6 Å². The highest BCUT2D eigenvalue weighted by atomic mass is 35.5. The summed E-state index contributed by atoms with van der Waals surface area (Å²) >= 11 is 6.04. The molecule has 2 aromatic carbocycles. The number of carbonyl (C=O) groups is 1. The van der Waals surface area contributed by atoms with Crippen LogP contribution in [-0.2, 0) is 6.54 Å². The summed E-state index contributed by atoms with van der Waals surface area (Å²) in [5, 5.41) is 5.94. The third-order valence-electron chi connectivity index (χ3n) is 4.05. The molecule has 0 atom stereocenters. The van der Waals surface area contributed by atoms with E-state index < -0.39 is 6.03 Å². The molecule has 4 nitrogen and oxygen atoms in total. The van der Waals surface area contributed by atoms with E-state index >= 15 is 0 Å². The summed E-state index contributed by atoms with van der Waals surface area (Å²) in [7, 11) is 0. The number of amides is 2. The Kier molecular flexibility index (Phi) is 5.20. The Bertz CT molecular complexity index is 732. The van der Waals surface area contributed by atoms with Gasteiger partial charge in [-0.15, -0.1) is 0 Å². The van der Waals surface area contributed by atoms with Crippen LogP contribution < -0.4 is 15.5 Å². The van der Waals surface area contributed by atoms with Crippen LogP contribution >= 0.6 is 11.6 Å². The summed E-state index contributed by atoms with van der Waals surface area (Å²) < 4.78 is 14.2. The highest BCUT2D eigenvalue weighted by molar-refractivity contribution is 6.31. The van der Waals surface area contributed by atoms with E-state index in [1.54, 1.807) is 18.2 Å². The SMILES string of the molecule is O=C(NCc1ccccc1Cl)Nc1ccc(N2CCCC2)c(F)c1. The predicted octanol–water partition coefficient (Wildman–Crippen LogP) is 4.40. The molecule has 1 aliphatic heterocycles. The molecule has 2 aromatic rings. The molecule has 6 heteroatoms. The van der Waals surface area contributed by atoms with E-state index in [9.17, 15) is 9.18 Å². The molecule has 24 heavy (non-hydrogen) atoms. The highest BCUT2D eigenvalue weighted by Crippen LogP contribution is 2.26. The number of urea groups is 1. The number of nitrogens with one attached hydrogen (secondary N) is 2. The van der Waals surface area contributed by atoms with Gasteiger partial charge in [-0.05, 0) is 42.7 Å². The molecule has 0 radical (unpaired) electrons. The highest BCUT2D eigenvalue weighted by Gasteiger charge is 2.16. The largest absolute Gasteiger partial charge is 0.369 e. The zero-order valence-corrected chi connectivity index (χ0v) is 13.9. The number of anilines is 2. The van der Waals surface area contributed by atoms with Crippen molar-refractivity contribution in [2.45, 2.75) is 19.4 Å². The minimum atomic E-state index is -0.400. The molecule has 1 aliphatic rings. The van der Waals surface area contributed by atoms with Gasteiger partial charge in [0.25, 0.3) is 0 Å². The second-order valence-corrected chi connectivity index (χ2v) is 6.17. The van der Waals surface area contributed by atoms with Crippen molar-refractivity contribution < 1.29 is 9.18 Å². The molecule has 0 aliphatic carbocycles. The lowest BCUT2D eigenvalue weighted by atomic mass is 10.2. The molecule has 0 aromatic heterocycles. The van der Waals surface area contributed by atoms with Crippen molar-refractivity contribution in [3.63, 3.8) is 0 Å². The zero-order valence-electron chi connectivity index (χ0n) is 13.2. The van der Waals surface area contributed by atoms with E-state index in [1.807, 2.05) is 23.1 Å². The summed E-state index contributed by atoms with van der Waals surface area (Å²) in [5.41, 5.74) is 1.84. The molecular formula is C18H19ClFN3O. The van der Waals surface area contributed by atoms with Crippen molar-refractivity contribution in [3.05, 3.63) is 58.9 Å². The lowest BCUT2D eigenvalue weighted by Gasteiger charge is -2.19. The van der Waals surface area contributed by atoms with E-state index in [-0.39, 0.29) is 5.82 Å². The second kappa shape index (κ2) is 7.53. The Morgan fingerprint density at radius 2 is 1.92 bits per heavy atom. The summed E-state index contributed by atoms with van der Waals surface area (Å²) in [5.74, 6) is -0.319. The van der Waals surface area contributed by atoms with E-state index in [4.69, 9.17) is 11.6 Å². The molecule has 126 valence electrons. The number of hydrogen-bond donors (Lipinski definition) is 2. The fraction of sp³-hybridized carbons (Fsp3) is 0.278. The number of carbonyl (C=O) groups excluding carboxylic acids is 1. The first-order valence-corrected chi connectivity index (χ1v) is 8.34. The molecule has 1 heterocycles. The minimum Gasteiger partial charge on any atom is -0.369 e. The van der Waals surface area contributed by atoms with Gasteiger partial charge < -0.3 is 15.5 Å². The van der Waals surface area contributed by atoms with E-state index in [0.29, 0.717) is 22.9 Å². The number of halogens is 2. The summed E-state index contributed by atoms with van der Waals surface area (Å²) in [6, 6.07) is 11.7. The van der Waals surface area contributed by atoms with Crippen LogP contribution in [0.3, 0.4) is 0 Å². The molecule has 2 amide bonds. The number of benzene rings is 2. The topological polar surface area (TPSA) is 44.4 Å². The molecule has 1 saturated heterocycles. The molecule has 3 rings (SSSR count). The number of hydrogen-bond acceptors (Lipinski definition) is 2. The summed E-state index contributed by atoms with van der Waals surface area (Å²) in [4.78, 5) is 14.0. The van der Waals surface area contributed by atoms with Gasteiger partial charge in [-0.3, -0.25) is 0 Å². The molecule has 0 spiro atoms. The first-order valence-electron chi connectivity index (χ1n) is 7.96. The third-order valence-corrected chi connectivity index (χ3v) is 4.42. The summed E-state index contributed by atoms with van der Waals surface area (Å²) in [6.45, 7) is 2.06. The van der Waals surface area contributed by atoms with Gasteiger partial charge in [-0.1, -0.05) is 29.8 Å². The monoisotopic (exact) mass is 347 g/mol. The molecule has 0 unspecified atom stereocenters. The molecule has 0 saturated carbocycles. The molecule has 1 fully saturated rings. The van der Waals surface area contributed by atoms with Gasteiger partial charge in [0.05, 0.1) is 5.69 Å². The molecule has 2 N–H and O–H groups in total. The van der Waals surface area contributed by atoms with Gasteiger partial charge >= 0.3 is 6.03 Å². The van der Waals surface area contributed by atoms with Crippen LogP contribution in [0.25, 0.3) is 0 Å². The van der Waals surface area contributed by atoms with Crippen molar-refractivity contribution in [2.75, 3.05) is 23.3 Å². The fourth-order valence-electron chi connectivity index (χ4n) is 2.79. The standard InChI is InChI=1S/C18H19ClFN3O/c19-15-6-2-1-5-13(15)12-21-18(24)22-14-7-8-17(16(20)11-14)23-9-3-4-10-23/h1-2,5-8,11H,3-4,9-10,12H2,(H2,21,22,24). The van der Waals surface area contributed by atoms with Crippen LogP contribution in [0.5, 0.6) is 0 Å². The second-order valence-electron chi connectivity index (χ2n) is 5.76. The minimum absolute atomic E-state index is 0.305. The first kappa shape index (κ1) is 16.6. The average molecular weight is 348 g/mol.